The molecule has 7 nitrogen and oxygen atoms in total. The van der Waals surface area contributed by atoms with Crippen LogP contribution in [-0.4, -0.2) is 32.4 Å². The lowest BCUT2D eigenvalue weighted by Gasteiger charge is -2.10. The molecular weight excluding hydrogens is 318 g/mol. The minimum absolute atomic E-state index is 0.152. The lowest BCUT2D eigenvalue weighted by atomic mass is 10.2. The molecule has 1 aromatic carbocycles. The van der Waals surface area contributed by atoms with Gasteiger partial charge in [-0.15, -0.1) is 0 Å². The average molecular weight is 339 g/mol. The third kappa shape index (κ3) is 3.65. The fourth-order valence-corrected chi connectivity index (χ4v) is 3.45. The first-order valence-corrected chi connectivity index (χ1v) is 8.64. The van der Waals surface area contributed by atoms with E-state index < -0.39 is 10.0 Å². The van der Waals surface area contributed by atoms with E-state index in [1.54, 1.807) is 36.9 Å². The lowest BCUT2D eigenvalue weighted by Crippen LogP contribution is -2.23. The van der Waals surface area contributed by atoms with Gasteiger partial charge in [-0.25, -0.2) is 13.1 Å². The fourth-order valence-electron chi connectivity index (χ4n) is 2.26. The predicted octanol–water partition coefficient (Wildman–Crippen LogP) is 1.71. The van der Waals surface area contributed by atoms with E-state index in [4.69, 9.17) is 9.47 Å². The minimum atomic E-state index is -3.62. The molecule has 8 heteroatoms. The lowest BCUT2D eigenvalue weighted by molar-refractivity contribution is 0.354. The Hall–Kier alpha value is -2.06. The molecule has 0 aliphatic rings. The van der Waals surface area contributed by atoms with Crippen LogP contribution in [0.4, 0.5) is 0 Å². The zero-order valence-electron chi connectivity index (χ0n) is 13.7. The molecule has 126 valence electrons. The normalized spacial score (nSPS) is 11.5. The van der Waals surface area contributed by atoms with Crippen LogP contribution in [0.1, 0.15) is 18.2 Å². The summed E-state index contributed by atoms with van der Waals surface area (Å²) in [7, 11) is -0.533. The van der Waals surface area contributed by atoms with E-state index in [-0.39, 0.29) is 11.4 Å². The molecule has 0 aliphatic heterocycles. The van der Waals surface area contributed by atoms with Crippen molar-refractivity contribution in [2.24, 2.45) is 0 Å². The zero-order chi connectivity index (χ0) is 17.0. The van der Waals surface area contributed by atoms with E-state index in [0.717, 1.165) is 5.56 Å². The molecule has 1 heterocycles. The summed E-state index contributed by atoms with van der Waals surface area (Å²) in [5.74, 6) is 1.15. The smallest absolute Gasteiger partial charge is 0.244 e. The molecular formula is C15H21N3O4S. The maximum atomic E-state index is 12.4. The van der Waals surface area contributed by atoms with E-state index in [0.29, 0.717) is 23.7 Å². The topological polar surface area (TPSA) is 82.5 Å². The monoisotopic (exact) mass is 339 g/mol. The first kappa shape index (κ1) is 17.3. The Kier molecular flexibility index (Phi) is 5.27. The Morgan fingerprint density at radius 3 is 2.48 bits per heavy atom. The van der Waals surface area contributed by atoms with Gasteiger partial charge in [0.2, 0.25) is 10.0 Å². The van der Waals surface area contributed by atoms with Crippen molar-refractivity contribution in [1.82, 2.24) is 14.5 Å². The first-order chi connectivity index (χ1) is 10.9. The van der Waals surface area contributed by atoms with E-state index in [1.165, 1.54) is 13.3 Å². The summed E-state index contributed by atoms with van der Waals surface area (Å²) in [4.78, 5) is 0.194. The van der Waals surface area contributed by atoms with E-state index in [9.17, 15) is 8.42 Å². The number of ether oxygens (including phenoxy) is 2. The summed E-state index contributed by atoms with van der Waals surface area (Å²) in [6.45, 7) is 4.42. The predicted molar refractivity (Wildman–Crippen MR) is 86.2 cm³/mol. The Bertz CT molecular complexity index is 784. The highest BCUT2D eigenvalue weighted by Crippen LogP contribution is 2.27. The molecule has 0 atom stereocenters. The number of nitrogens with one attached hydrogen (secondary N) is 1. The second-order valence-corrected chi connectivity index (χ2v) is 6.66. The van der Waals surface area contributed by atoms with Crippen molar-refractivity contribution in [2.75, 3.05) is 14.2 Å². The highest BCUT2D eigenvalue weighted by atomic mass is 32.2. The third-order valence-electron chi connectivity index (χ3n) is 3.56. The molecule has 2 rings (SSSR count). The van der Waals surface area contributed by atoms with Gasteiger partial charge >= 0.3 is 0 Å². The van der Waals surface area contributed by atoms with Gasteiger partial charge in [-0.2, -0.15) is 5.10 Å². The van der Waals surface area contributed by atoms with Gasteiger partial charge in [0.1, 0.15) is 4.90 Å². The first-order valence-electron chi connectivity index (χ1n) is 7.16. The van der Waals surface area contributed by atoms with E-state index >= 15 is 0 Å². The van der Waals surface area contributed by atoms with Crippen LogP contribution in [-0.2, 0) is 23.1 Å². The fraction of sp³-hybridized carbons (Fsp3) is 0.400. The second-order valence-electron chi connectivity index (χ2n) is 4.92. The average Bonchev–Trinajstić information content (AvgIpc) is 2.94. The second kappa shape index (κ2) is 7.01. The van der Waals surface area contributed by atoms with Gasteiger partial charge in [0, 0.05) is 13.1 Å². The highest BCUT2D eigenvalue weighted by molar-refractivity contribution is 7.89. The molecule has 0 bridgehead atoms. The number of hydrogen-bond acceptors (Lipinski definition) is 5. The molecule has 0 aliphatic carbocycles. The van der Waals surface area contributed by atoms with Gasteiger partial charge < -0.3 is 9.47 Å². The van der Waals surface area contributed by atoms with Crippen molar-refractivity contribution in [1.29, 1.82) is 0 Å². The van der Waals surface area contributed by atoms with Gasteiger partial charge in [-0.1, -0.05) is 6.07 Å². The standard InChI is InChI=1S/C15H21N3O4S/c1-5-18-11(2)15(10-16-18)23(19,20)17-9-12-6-7-13(21-3)14(8-12)22-4/h6-8,10,17H,5,9H2,1-4H3. The van der Waals surface area contributed by atoms with Crippen molar-refractivity contribution < 1.29 is 17.9 Å². The number of rotatable bonds is 7. The summed E-state index contributed by atoms with van der Waals surface area (Å²) >= 11 is 0. The van der Waals surface area contributed by atoms with Crippen LogP contribution in [0.25, 0.3) is 0 Å². The van der Waals surface area contributed by atoms with Crippen LogP contribution in [0, 0.1) is 6.92 Å². The molecule has 0 fully saturated rings. The summed E-state index contributed by atoms with van der Waals surface area (Å²) in [5.41, 5.74) is 1.39. The molecule has 0 spiro atoms. The summed E-state index contributed by atoms with van der Waals surface area (Å²) < 4.78 is 39.4. The van der Waals surface area contributed by atoms with Crippen LogP contribution in [0.5, 0.6) is 11.5 Å². The Balaban J connectivity index is 2.17. The minimum Gasteiger partial charge on any atom is -0.493 e. The molecule has 0 unspecified atom stereocenters. The zero-order valence-corrected chi connectivity index (χ0v) is 14.5. The van der Waals surface area contributed by atoms with Gasteiger partial charge in [-0.05, 0) is 31.5 Å². The molecule has 0 radical (unpaired) electrons. The summed E-state index contributed by atoms with van der Waals surface area (Å²) in [6, 6.07) is 5.26. The van der Waals surface area contributed by atoms with Crippen LogP contribution < -0.4 is 14.2 Å². The number of aromatic nitrogens is 2. The van der Waals surface area contributed by atoms with Gasteiger partial charge in [0.15, 0.2) is 11.5 Å². The summed E-state index contributed by atoms with van der Waals surface area (Å²) in [6.07, 6.45) is 1.37. The van der Waals surface area contributed by atoms with Crippen molar-refractivity contribution in [3.8, 4) is 11.5 Å². The van der Waals surface area contributed by atoms with E-state index in [1.807, 2.05) is 6.92 Å². The third-order valence-corrected chi connectivity index (χ3v) is 5.07. The molecule has 0 saturated heterocycles. The SMILES string of the molecule is CCn1ncc(S(=O)(=O)NCc2ccc(OC)c(OC)c2)c1C. The molecule has 1 N–H and O–H groups in total. The number of hydrogen-bond donors (Lipinski definition) is 1. The largest absolute Gasteiger partial charge is 0.493 e. The molecule has 1 aromatic heterocycles. The number of sulfonamides is 1. The molecule has 2 aromatic rings. The Morgan fingerprint density at radius 1 is 1.22 bits per heavy atom. The van der Waals surface area contributed by atoms with Crippen molar-refractivity contribution in [2.45, 2.75) is 31.8 Å². The Morgan fingerprint density at radius 2 is 1.91 bits per heavy atom. The highest BCUT2D eigenvalue weighted by Gasteiger charge is 2.20. The van der Waals surface area contributed by atoms with Gasteiger partial charge in [-0.3, -0.25) is 4.68 Å². The number of aryl methyl sites for hydroxylation is 1. The van der Waals surface area contributed by atoms with Gasteiger partial charge in [0.05, 0.1) is 26.1 Å². The van der Waals surface area contributed by atoms with Crippen molar-refractivity contribution in [3.63, 3.8) is 0 Å². The molecule has 23 heavy (non-hydrogen) atoms. The van der Waals surface area contributed by atoms with Gasteiger partial charge in [0.25, 0.3) is 0 Å². The van der Waals surface area contributed by atoms with Crippen molar-refractivity contribution in [3.05, 3.63) is 35.7 Å². The maximum absolute atomic E-state index is 12.4. The number of methoxy groups -OCH3 is 2. The summed E-state index contributed by atoms with van der Waals surface area (Å²) in [5, 5.41) is 4.07. The quantitative estimate of drug-likeness (QED) is 0.830. The van der Waals surface area contributed by atoms with Crippen LogP contribution in [0.3, 0.4) is 0 Å². The van der Waals surface area contributed by atoms with Crippen LogP contribution in [0.15, 0.2) is 29.3 Å². The molecule has 0 saturated carbocycles. The Labute approximate surface area is 136 Å². The number of nitrogens with zero attached hydrogens (tertiary/aromatic N) is 2. The number of benzene rings is 1. The maximum Gasteiger partial charge on any atom is 0.244 e. The van der Waals surface area contributed by atoms with E-state index in [2.05, 4.69) is 9.82 Å². The molecule has 0 amide bonds. The van der Waals surface area contributed by atoms with Crippen LogP contribution >= 0.6 is 0 Å². The van der Waals surface area contributed by atoms with Crippen LogP contribution in [0.2, 0.25) is 0 Å². The van der Waals surface area contributed by atoms with Crippen molar-refractivity contribution >= 4 is 10.0 Å².